The summed E-state index contributed by atoms with van der Waals surface area (Å²) in [5.41, 5.74) is 3.72. The van der Waals surface area contributed by atoms with E-state index in [2.05, 4.69) is 30.4 Å². The van der Waals surface area contributed by atoms with E-state index in [1.165, 1.54) is 29.4 Å². The number of para-hydroxylation sites is 1. The van der Waals surface area contributed by atoms with Crippen molar-refractivity contribution in [1.82, 2.24) is 5.32 Å². The van der Waals surface area contributed by atoms with Crippen LogP contribution in [0.25, 0.3) is 11.0 Å². The highest BCUT2D eigenvalue weighted by atomic mass is 16.3. The smallest absolute Gasteiger partial charge is 0.137 e. The third-order valence-corrected chi connectivity index (χ3v) is 3.84. The molecular formula is C15H19NO. The maximum Gasteiger partial charge on any atom is 0.137 e. The number of furan rings is 1. The van der Waals surface area contributed by atoms with Gasteiger partial charge in [0, 0.05) is 5.39 Å². The molecule has 1 aliphatic rings. The van der Waals surface area contributed by atoms with Crippen LogP contribution in [0.4, 0.5) is 0 Å². The summed E-state index contributed by atoms with van der Waals surface area (Å²) in [6, 6.07) is 6.52. The highest BCUT2D eigenvalue weighted by Crippen LogP contribution is 2.27. The Morgan fingerprint density at radius 3 is 2.94 bits per heavy atom. The van der Waals surface area contributed by atoms with Crippen LogP contribution in [-0.2, 0) is 6.42 Å². The zero-order valence-corrected chi connectivity index (χ0v) is 10.3. The molecule has 0 bridgehead atoms. The Kier molecular flexibility index (Phi) is 2.89. The highest BCUT2D eigenvalue weighted by molar-refractivity contribution is 5.83. The van der Waals surface area contributed by atoms with Crippen molar-refractivity contribution < 1.29 is 4.42 Å². The second-order valence-corrected chi connectivity index (χ2v) is 5.11. The first-order chi connectivity index (χ1) is 8.34. The molecule has 0 saturated carbocycles. The number of hydrogen-bond acceptors (Lipinski definition) is 2. The van der Waals surface area contributed by atoms with Gasteiger partial charge in [0.05, 0.1) is 6.26 Å². The number of rotatable bonds is 2. The Labute approximate surface area is 102 Å². The molecule has 0 spiro atoms. The van der Waals surface area contributed by atoms with Crippen LogP contribution < -0.4 is 5.32 Å². The Bertz CT molecular complexity index is 509. The molecule has 1 N–H and O–H groups in total. The molecule has 2 heterocycles. The lowest BCUT2D eigenvalue weighted by molar-refractivity contribution is 0.372. The maximum absolute atomic E-state index is 5.71. The monoisotopic (exact) mass is 229 g/mol. The van der Waals surface area contributed by atoms with Crippen molar-refractivity contribution in [2.75, 3.05) is 13.1 Å². The topological polar surface area (TPSA) is 25.2 Å². The first kappa shape index (κ1) is 10.8. The molecule has 1 aliphatic heterocycles. The lowest BCUT2D eigenvalue weighted by Gasteiger charge is -2.22. The molecule has 0 radical (unpaired) electrons. The largest absolute Gasteiger partial charge is 0.464 e. The average Bonchev–Trinajstić information content (AvgIpc) is 2.74. The molecule has 90 valence electrons. The van der Waals surface area contributed by atoms with E-state index >= 15 is 0 Å². The third-order valence-electron chi connectivity index (χ3n) is 3.84. The molecular weight excluding hydrogens is 210 g/mol. The van der Waals surface area contributed by atoms with E-state index < -0.39 is 0 Å². The van der Waals surface area contributed by atoms with Crippen LogP contribution in [0.3, 0.4) is 0 Å². The quantitative estimate of drug-likeness (QED) is 0.855. The zero-order valence-electron chi connectivity index (χ0n) is 10.3. The molecule has 1 aromatic carbocycles. The van der Waals surface area contributed by atoms with Gasteiger partial charge in [-0.15, -0.1) is 0 Å². The molecule has 0 aliphatic carbocycles. The van der Waals surface area contributed by atoms with Gasteiger partial charge in [-0.05, 0) is 56.3 Å². The van der Waals surface area contributed by atoms with Crippen molar-refractivity contribution in [3.63, 3.8) is 0 Å². The number of hydrogen-bond donors (Lipinski definition) is 1. The SMILES string of the molecule is Cc1coc2c(CC3CCNCC3)cccc12. The number of benzene rings is 1. The predicted molar refractivity (Wildman–Crippen MR) is 70.2 cm³/mol. The summed E-state index contributed by atoms with van der Waals surface area (Å²) in [5, 5.41) is 4.69. The van der Waals surface area contributed by atoms with Gasteiger partial charge in [-0.1, -0.05) is 18.2 Å². The molecule has 2 nitrogen and oxygen atoms in total. The fourth-order valence-electron chi connectivity index (χ4n) is 2.80. The van der Waals surface area contributed by atoms with Crippen LogP contribution in [0.1, 0.15) is 24.0 Å². The average molecular weight is 229 g/mol. The summed E-state index contributed by atoms with van der Waals surface area (Å²) in [5.74, 6) is 0.812. The second-order valence-electron chi connectivity index (χ2n) is 5.11. The maximum atomic E-state index is 5.71. The first-order valence-corrected chi connectivity index (χ1v) is 6.51. The molecule has 2 heteroatoms. The lowest BCUT2D eigenvalue weighted by atomic mass is 9.90. The van der Waals surface area contributed by atoms with Crippen molar-refractivity contribution in [3.05, 3.63) is 35.6 Å². The molecule has 0 unspecified atom stereocenters. The van der Waals surface area contributed by atoms with E-state index in [-0.39, 0.29) is 0 Å². The predicted octanol–water partition coefficient (Wildman–Crippen LogP) is 3.28. The van der Waals surface area contributed by atoms with E-state index in [9.17, 15) is 0 Å². The van der Waals surface area contributed by atoms with Gasteiger partial charge in [-0.2, -0.15) is 0 Å². The van der Waals surface area contributed by atoms with Crippen LogP contribution in [0, 0.1) is 12.8 Å². The van der Waals surface area contributed by atoms with Crippen molar-refractivity contribution in [3.8, 4) is 0 Å². The Hall–Kier alpha value is -1.28. The van der Waals surface area contributed by atoms with Gasteiger partial charge in [0.1, 0.15) is 5.58 Å². The van der Waals surface area contributed by atoms with E-state index in [1.54, 1.807) is 0 Å². The van der Waals surface area contributed by atoms with Crippen LogP contribution in [-0.4, -0.2) is 13.1 Å². The normalized spacial score (nSPS) is 17.7. The van der Waals surface area contributed by atoms with Gasteiger partial charge in [0.25, 0.3) is 0 Å². The second kappa shape index (κ2) is 4.53. The van der Waals surface area contributed by atoms with Crippen molar-refractivity contribution in [2.24, 2.45) is 5.92 Å². The van der Waals surface area contributed by atoms with Crippen LogP contribution >= 0.6 is 0 Å². The summed E-state index contributed by atoms with van der Waals surface area (Å²) >= 11 is 0. The summed E-state index contributed by atoms with van der Waals surface area (Å²) in [7, 11) is 0. The summed E-state index contributed by atoms with van der Waals surface area (Å²) < 4.78 is 5.71. The van der Waals surface area contributed by atoms with E-state index in [0.29, 0.717) is 0 Å². The van der Waals surface area contributed by atoms with Gasteiger partial charge in [0.2, 0.25) is 0 Å². The van der Waals surface area contributed by atoms with Gasteiger partial charge in [0.15, 0.2) is 0 Å². The summed E-state index contributed by atoms with van der Waals surface area (Å²) in [6.45, 7) is 4.44. The summed E-state index contributed by atoms with van der Waals surface area (Å²) in [6.07, 6.45) is 5.61. The fourth-order valence-corrected chi connectivity index (χ4v) is 2.80. The van der Waals surface area contributed by atoms with Gasteiger partial charge in [-0.25, -0.2) is 0 Å². The summed E-state index contributed by atoms with van der Waals surface area (Å²) in [4.78, 5) is 0. The Balaban J connectivity index is 1.89. The van der Waals surface area contributed by atoms with Crippen molar-refractivity contribution >= 4 is 11.0 Å². The molecule has 17 heavy (non-hydrogen) atoms. The van der Waals surface area contributed by atoms with E-state index in [1.807, 2.05) is 6.26 Å². The number of nitrogens with one attached hydrogen (secondary N) is 1. The number of aryl methyl sites for hydroxylation is 1. The first-order valence-electron chi connectivity index (χ1n) is 6.51. The molecule has 0 atom stereocenters. The third kappa shape index (κ3) is 2.09. The van der Waals surface area contributed by atoms with E-state index in [0.717, 1.165) is 31.0 Å². The molecule has 1 fully saturated rings. The minimum absolute atomic E-state index is 0.812. The molecule has 2 aromatic rings. The lowest BCUT2D eigenvalue weighted by Crippen LogP contribution is -2.28. The Morgan fingerprint density at radius 2 is 2.12 bits per heavy atom. The van der Waals surface area contributed by atoms with Gasteiger partial charge in [-0.3, -0.25) is 0 Å². The van der Waals surface area contributed by atoms with Gasteiger partial charge >= 0.3 is 0 Å². The molecule has 0 amide bonds. The van der Waals surface area contributed by atoms with Crippen LogP contribution in [0.15, 0.2) is 28.9 Å². The van der Waals surface area contributed by atoms with Crippen molar-refractivity contribution in [2.45, 2.75) is 26.2 Å². The molecule has 1 aromatic heterocycles. The van der Waals surface area contributed by atoms with Crippen molar-refractivity contribution in [1.29, 1.82) is 0 Å². The highest BCUT2D eigenvalue weighted by Gasteiger charge is 2.16. The van der Waals surface area contributed by atoms with Gasteiger partial charge < -0.3 is 9.73 Å². The van der Waals surface area contributed by atoms with Crippen LogP contribution in [0.5, 0.6) is 0 Å². The molecule has 3 rings (SSSR count). The standard InChI is InChI=1S/C15H19NO/c1-11-10-17-15-13(3-2-4-14(11)15)9-12-5-7-16-8-6-12/h2-4,10,12,16H,5-9H2,1H3. The number of piperidine rings is 1. The Morgan fingerprint density at radius 1 is 1.29 bits per heavy atom. The molecule has 1 saturated heterocycles. The zero-order chi connectivity index (χ0) is 11.7. The van der Waals surface area contributed by atoms with Crippen LogP contribution in [0.2, 0.25) is 0 Å². The minimum atomic E-state index is 0.812. The van der Waals surface area contributed by atoms with E-state index in [4.69, 9.17) is 4.42 Å². The number of fused-ring (bicyclic) bond motifs is 1. The fraction of sp³-hybridized carbons (Fsp3) is 0.467. The minimum Gasteiger partial charge on any atom is -0.464 e.